The van der Waals surface area contributed by atoms with Crippen molar-refractivity contribution in [2.75, 3.05) is 0 Å². The van der Waals surface area contributed by atoms with Crippen LogP contribution in [0.2, 0.25) is 0 Å². The minimum atomic E-state index is 0.451. The molecule has 0 spiro atoms. The average molecular weight is 296 g/mol. The van der Waals surface area contributed by atoms with E-state index >= 15 is 0 Å². The van der Waals surface area contributed by atoms with Gasteiger partial charge in [-0.3, -0.25) is 0 Å². The standard InChI is InChI=1S/C20H28N2/c1-4-5-6-7-8-9-12-16(2)20-17-13-10-11-14-18(17)22(3)19(20)15-21/h10-11,13-14,16H,4-9,12H2,1-3H3. The summed E-state index contributed by atoms with van der Waals surface area (Å²) in [6.07, 6.45) is 9.13. The van der Waals surface area contributed by atoms with Gasteiger partial charge in [-0.15, -0.1) is 0 Å². The van der Waals surface area contributed by atoms with Crippen molar-refractivity contribution < 1.29 is 0 Å². The Hall–Kier alpha value is -1.75. The van der Waals surface area contributed by atoms with Gasteiger partial charge in [-0.2, -0.15) is 5.26 Å². The first kappa shape index (κ1) is 16.6. The van der Waals surface area contributed by atoms with Crippen LogP contribution in [0.1, 0.15) is 76.0 Å². The fourth-order valence-electron chi connectivity index (χ4n) is 3.43. The molecule has 118 valence electrons. The zero-order valence-electron chi connectivity index (χ0n) is 14.2. The lowest BCUT2D eigenvalue weighted by atomic mass is 9.92. The minimum absolute atomic E-state index is 0.451. The Bertz CT molecular complexity index is 646. The second kappa shape index (κ2) is 8.03. The molecule has 0 saturated heterocycles. The van der Waals surface area contributed by atoms with Gasteiger partial charge in [-0.05, 0) is 24.0 Å². The largest absolute Gasteiger partial charge is 0.335 e. The lowest BCUT2D eigenvalue weighted by molar-refractivity contribution is 0.557. The van der Waals surface area contributed by atoms with E-state index in [1.54, 1.807) is 0 Å². The van der Waals surface area contributed by atoms with E-state index in [2.05, 4.69) is 38.1 Å². The van der Waals surface area contributed by atoms with Gasteiger partial charge in [0.05, 0.1) is 0 Å². The third-order valence-electron chi connectivity index (χ3n) is 4.74. The Morgan fingerprint density at radius 2 is 1.77 bits per heavy atom. The van der Waals surface area contributed by atoms with Crippen LogP contribution in [-0.2, 0) is 7.05 Å². The summed E-state index contributed by atoms with van der Waals surface area (Å²) >= 11 is 0. The maximum Gasteiger partial charge on any atom is 0.124 e. The molecule has 0 fully saturated rings. The van der Waals surface area contributed by atoms with Crippen molar-refractivity contribution in [2.24, 2.45) is 7.05 Å². The van der Waals surface area contributed by atoms with Crippen LogP contribution in [0.15, 0.2) is 24.3 Å². The Balaban J connectivity index is 2.08. The number of hydrogen-bond donors (Lipinski definition) is 0. The molecule has 1 aromatic carbocycles. The molecule has 0 aliphatic heterocycles. The topological polar surface area (TPSA) is 28.7 Å². The number of nitrogens with zero attached hydrogens (tertiary/aromatic N) is 2. The van der Waals surface area contributed by atoms with Crippen LogP contribution in [0.5, 0.6) is 0 Å². The van der Waals surface area contributed by atoms with Crippen LogP contribution in [0.3, 0.4) is 0 Å². The van der Waals surface area contributed by atoms with E-state index in [1.165, 1.54) is 61.4 Å². The number of fused-ring (bicyclic) bond motifs is 1. The number of aryl methyl sites for hydroxylation is 1. The zero-order chi connectivity index (χ0) is 15.9. The Morgan fingerprint density at radius 3 is 2.50 bits per heavy atom. The Labute approximate surface area is 134 Å². The van der Waals surface area contributed by atoms with Gasteiger partial charge in [0.25, 0.3) is 0 Å². The first-order chi connectivity index (χ1) is 10.7. The molecule has 0 aliphatic carbocycles. The maximum absolute atomic E-state index is 9.55. The summed E-state index contributed by atoms with van der Waals surface area (Å²) in [7, 11) is 2.00. The number of para-hydroxylation sites is 1. The molecule has 2 nitrogen and oxygen atoms in total. The van der Waals surface area contributed by atoms with Crippen LogP contribution in [-0.4, -0.2) is 4.57 Å². The van der Waals surface area contributed by atoms with E-state index in [4.69, 9.17) is 0 Å². The number of hydrogen-bond acceptors (Lipinski definition) is 1. The molecule has 0 N–H and O–H groups in total. The van der Waals surface area contributed by atoms with E-state index in [9.17, 15) is 5.26 Å². The highest BCUT2D eigenvalue weighted by Gasteiger charge is 2.19. The fraction of sp³-hybridized carbons (Fsp3) is 0.550. The number of benzene rings is 1. The molecule has 0 radical (unpaired) electrons. The zero-order valence-corrected chi connectivity index (χ0v) is 14.2. The summed E-state index contributed by atoms with van der Waals surface area (Å²) in [5, 5.41) is 10.8. The predicted molar refractivity (Wildman–Crippen MR) is 94.0 cm³/mol. The molecule has 1 aromatic heterocycles. The molecule has 0 aliphatic rings. The van der Waals surface area contributed by atoms with Crippen LogP contribution in [0, 0.1) is 11.3 Å². The molecule has 2 rings (SSSR count). The van der Waals surface area contributed by atoms with Gasteiger partial charge in [0, 0.05) is 18.0 Å². The molecule has 0 bridgehead atoms. The summed E-state index contributed by atoms with van der Waals surface area (Å²) in [5.41, 5.74) is 3.25. The summed E-state index contributed by atoms with van der Waals surface area (Å²) in [6.45, 7) is 4.53. The number of unbranched alkanes of at least 4 members (excludes halogenated alkanes) is 5. The van der Waals surface area contributed by atoms with Gasteiger partial charge < -0.3 is 4.57 Å². The second-order valence-corrected chi connectivity index (χ2v) is 6.41. The van der Waals surface area contributed by atoms with E-state index in [1.807, 2.05) is 17.7 Å². The molecule has 1 unspecified atom stereocenters. The number of nitriles is 1. The van der Waals surface area contributed by atoms with Gasteiger partial charge in [0.1, 0.15) is 11.8 Å². The van der Waals surface area contributed by atoms with Crippen molar-refractivity contribution in [3.05, 3.63) is 35.5 Å². The first-order valence-electron chi connectivity index (χ1n) is 8.68. The molecule has 2 aromatic rings. The average Bonchev–Trinajstić information content (AvgIpc) is 2.83. The number of rotatable bonds is 8. The third kappa shape index (κ3) is 3.53. The molecule has 2 heteroatoms. The highest BCUT2D eigenvalue weighted by atomic mass is 14.9. The quantitative estimate of drug-likeness (QED) is 0.557. The van der Waals surface area contributed by atoms with E-state index < -0.39 is 0 Å². The Morgan fingerprint density at radius 1 is 1.09 bits per heavy atom. The SMILES string of the molecule is CCCCCCCCC(C)c1c(C#N)n(C)c2ccccc12. The van der Waals surface area contributed by atoms with Crippen molar-refractivity contribution in [3.8, 4) is 6.07 Å². The van der Waals surface area contributed by atoms with Gasteiger partial charge >= 0.3 is 0 Å². The van der Waals surface area contributed by atoms with Crippen molar-refractivity contribution in [1.82, 2.24) is 4.57 Å². The van der Waals surface area contributed by atoms with Gasteiger partial charge in [-0.1, -0.05) is 70.6 Å². The summed E-state index contributed by atoms with van der Waals surface area (Å²) in [6, 6.07) is 10.8. The lowest BCUT2D eigenvalue weighted by Crippen LogP contribution is -1.99. The molecule has 22 heavy (non-hydrogen) atoms. The van der Waals surface area contributed by atoms with Gasteiger partial charge in [-0.25, -0.2) is 0 Å². The molecule has 0 amide bonds. The van der Waals surface area contributed by atoms with Crippen molar-refractivity contribution in [1.29, 1.82) is 5.26 Å². The molecule has 1 heterocycles. The maximum atomic E-state index is 9.55. The third-order valence-corrected chi connectivity index (χ3v) is 4.74. The van der Waals surface area contributed by atoms with E-state index in [-0.39, 0.29) is 0 Å². The van der Waals surface area contributed by atoms with Crippen LogP contribution in [0.25, 0.3) is 10.9 Å². The Kier molecular flexibility index (Phi) is 6.07. The highest BCUT2D eigenvalue weighted by molar-refractivity contribution is 5.87. The van der Waals surface area contributed by atoms with Crippen molar-refractivity contribution in [2.45, 2.75) is 64.7 Å². The molecule has 1 atom stereocenters. The minimum Gasteiger partial charge on any atom is -0.335 e. The van der Waals surface area contributed by atoms with Crippen LogP contribution >= 0.6 is 0 Å². The molecular weight excluding hydrogens is 268 g/mol. The summed E-state index contributed by atoms with van der Waals surface area (Å²) in [4.78, 5) is 0. The molecular formula is C20H28N2. The monoisotopic (exact) mass is 296 g/mol. The lowest BCUT2D eigenvalue weighted by Gasteiger charge is -2.11. The number of aromatic nitrogens is 1. The molecule has 0 saturated carbocycles. The van der Waals surface area contributed by atoms with Crippen LogP contribution in [0.4, 0.5) is 0 Å². The first-order valence-corrected chi connectivity index (χ1v) is 8.68. The highest BCUT2D eigenvalue weighted by Crippen LogP contribution is 2.33. The van der Waals surface area contributed by atoms with Gasteiger partial charge in [0.2, 0.25) is 0 Å². The second-order valence-electron chi connectivity index (χ2n) is 6.41. The summed E-state index contributed by atoms with van der Waals surface area (Å²) in [5.74, 6) is 0.451. The van der Waals surface area contributed by atoms with Crippen molar-refractivity contribution >= 4 is 10.9 Å². The van der Waals surface area contributed by atoms with Gasteiger partial charge in [0.15, 0.2) is 0 Å². The summed E-state index contributed by atoms with van der Waals surface area (Å²) < 4.78 is 2.04. The fourth-order valence-corrected chi connectivity index (χ4v) is 3.43. The van der Waals surface area contributed by atoms with Crippen LogP contribution < -0.4 is 0 Å². The van der Waals surface area contributed by atoms with E-state index in [0.29, 0.717) is 5.92 Å². The normalized spacial score (nSPS) is 12.5. The van der Waals surface area contributed by atoms with E-state index in [0.717, 1.165) is 5.69 Å². The predicted octanol–water partition coefficient (Wildman–Crippen LogP) is 5.90. The smallest absolute Gasteiger partial charge is 0.124 e. The van der Waals surface area contributed by atoms with Crippen molar-refractivity contribution in [3.63, 3.8) is 0 Å².